The van der Waals surface area contributed by atoms with Gasteiger partial charge in [-0.25, -0.2) is 4.39 Å². The maximum atomic E-state index is 13.4. The smallest absolute Gasteiger partial charge is 0.165 e. The molecule has 0 unspecified atom stereocenters. The minimum Gasteiger partial charge on any atom is -0.483 e. The number of nitrogens with two attached hydrogens (primary N) is 1. The average molecular weight is 314 g/mol. The summed E-state index contributed by atoms with van der Waals surface area (Å²) in [5.74, 6) is 1.19. The highest BCUT2D eigenvalue weighted by atomic mass is 79.9. The molecule has 2 rings (SSSR count). The number of hydrogen-bond acceptors (Lipinski definition) is 3. The van der Waals surface area contributed by atoms with Crippen LogP contribution < -0.4 is 10.5 Å². The fourth-order valence-corrected chi connectivity index (χ4v) is 1.94. The van der Waals surface area contributed by atoms with Gasteiger partial charge in [0.25, 0.3) is 0 Å². The van der Waals surface area contributed by atoms with Crippen LogP contribution in [0, 0.1) is 12.7 Å². The zero-order chi connectivity index (χ0) is 13.1. The zero-order valence-corrected chi connectivity index (χ0v) is 11.5. The van der Waals surface area contributed by atoms with Crippen molar-refractivity contribution in [1.29, 1.82) is 0 Å². The molecule has 1 aromatic heterocycles. The van der Waals surface area contributed by atoms with Gasteiger partial charge < -0.3 is 14.9 Å². The van der Waals surface area contributed by atoms with Gasteiger partial charge in [-0.2, -0.15) is 0 Å². The first-order valence-corrected chi connectivity index (χ1v) is 6.25. The molecule has 0 radical (unpaired) electrons. The molecule has 0 fully saturated rings. The molecule has 2 aromatic rings. The van der Waals surface area contributed by atoms with Crippen LogP contribution in [0.1, 0.15) is 17.1 Å². The summed E-state index contributed by atoms with van der Waals surface area (Å²) < 4.78 is 25.0. The van der Waals surface area contributed by atoms with Gasteiger partial charge in [-0.1, -0.05) is 15.9 Å². The van der Waals surface area contributed by atoms with Crippen molar-refractivity contribution in [3.63, 3.8) is 0 Å². The summed E-state index contributed by atoms with van der Waals surface area (Å²) in [5.41, 5.74) is 6.48. The molecule has 0 saturated carbocycles. The van der Waals surface area contributed by atoms with E-state index in [-0.39, 0.29) is 12.4 Å². The van der Waals surface area contributed by atoms with Gasteiger partial charge in [0.05, 0.1) is 0 Å². The molecule has 0 bridgehead atoms. The first-order chi connectivity index (χ1) is 8.60. The maximum Gasteiger partial charge on any atom is 0.165 e. The number of ether oxygens (including phenoxy) is 1. The van der Waals surface area contributed by atoms with Crippen molar-refractivity contribution in [1.82, 2.24) is 0 Å². The summed E-state index contributed by atoms with van der Waals surface area (Å²) >= 11 is 3.26. The number of halogens is 2. The largest absolute Gasteiger partial charge is 0.483 e. The van der Waals surface area contributed by atoms with E-state index < -0.39 is 5.82 Å². The molecule has 1 heterocycles. The Morgan fingerprint density at radius 1 is 1.39 bits per heavy atom. The van der Waals surface area contributed by atoms with Crippen molar-refractivity contribution in [2.75, 3.05) is 0 Å². The third-order valence-electron chi connectivity index (χ3n) is 2.55. The van der Waals surface area contributed by atoms with Crippen LogP contribution in [0.4, 0.5) is 4.39 Å². The lowest BCUT2D eigenvalue weighted by Crippen LogP contribution is -1.97. The quantitative estimate of drug-likeness (QED) is 0.939. The molecule has 0 aliphatic carbocycles. The van der Waals surface area contributed by atoms with Crippen LogP contribution in [0.25, 0.3) is 0 Å². The average Bonchev–Trinajstić information content (AvgIpc) is 2.71. The highest BCUT2D eigenvalue weighted by Crippen LogP contribution is 2.24. The molecule has 0 amide bonds. The molecular formula is C13H13BrFNO2. The summed E-state index contributed by atoms with van der Waals surface area (Å²) in [6, 6.07) is 6.37. The second-order valence-electron chi connectivity index (χ2n) is 3.86. The molecule has 0 atom stereocenters. The number of aryl methyl sites for hydroxylation is 1. The van der Waals surface area contributed by atoms with Crippen LogP contribution in [0.3, 0.4) is 0 Å². The maximum absolute atomic E-state index is 13.4. The van der Waals surface area contributed by atoms with Gasteiger partial charge in [-0.15, -0.1) is 0 Å². The summed E-state index contributed by atoms with van der Waals surface area (Å²) in [6.45, 7) is 2.43. The van der Waals surface area contributed by atoms with E-state index in [1.165, 1.54) is 6.07 Å². The predicted octanol–water partition coefficient (Wildman–Crippen LogP) is 3.53. The van der Waals surface area contributed by atoms with E-state index >= 15 is 0 Å². The Morgan fingerprint density at radius 3 is 2.83 bits per heavy atom. The first-order valence-electron chi connectivity index (χ1n) is 5.46. The molecule has 0 saturated heterocycles. The molecule has 96 valence electrons. The van der Waals surface area contributed by atoms with E-state index in [0.29, 0.717) is 12.3 Å². The van der Waals surface area contributed by atoms with Crippen molar-refractivity contribution in [2.45, 2.75) is 20.1 Å². The van der Waals surface area contributed by atoms with Gasteiger partial charge in [-0.05, 0) is 31.2 Å². The van der Waals surface area contributed by atoms with Gasteiger partial charge in [0.2, 0.25) is 0 Å². The Kier molecular flexibility index (Phi) is 4.04. The number of hydrogen-bond donors (Lipinski definition) is 1. The van der Waals surface area contributed by atoms with Crippen LogP contribution in [0.2, 0.25) is 0 Å². The van der Waals surface area contributed by atoms with E-state index in [1.54, 1.807) is 12.1 Å². The fourth-order valence-electron chi connectivity index (χ4n) is 1.60. The van der Waals surface area contributed by atoms with Gasteiger partial charge in [-0.3, -0.25) is 0 Å². The van der Waals surface area contributed by atoms with Crippen LogP contribution in [0.15, 0.2) is 33.2 Å². The van der Waals surface area contributed by atoms with Crippen molar-refractivity contribution in [3.8, 4) is 5.75 Å². The van der Waals surface area contributed by atoms with Crippen molar-refractivity contribution in [2.24, 2.45) is 5.73 Å². The molecule has 0 spiro atoms. The van der Waals surface area contributed by atoms with E-state index in [0.717, 1.165) is 15.8 Å². The van der Waals surface area contributed by atoms with Crippen LogP contribution in [-0.4, -0.2) is 0 Å². The lowest BCUT2D eigenvalue weighted by atomic mass is 10.2. The SMILES string of the molecule is Cc1oc(COc2cc(Br)ccc2F)cc1CN. The highest BCUT2D eigenvalue weighted by molar-refractivity contribution is 9.10. The summed E-state index contributed by atoms with van der Waals surface area (Å²) in [5, 5.41) is 0. The Bertz CT molecular complexity index is 554. The van der Waals surface area contributed by atoms with Crippen molar-refractivity contribution < 1.29 is 13.5 Å². The van der Waals surface area contributed by atoms with Crippen LogP contribution in [0.5, 0.6) is 5.75 Å². The van der Waals surface area contributed by atoms with Gasteiger partial charge in [0, 0.05) is 16.6 Å². The molecular weight excluding hydrogens is 301 g/mol. The standard InChI is InChI=1S/C13H13BrFNO2/c1-8-9(6-16)4-11(18-8)7-17-13-5-10(14)2-3-12(13)15/h2-5H,6-7,16H2,1H3. The Hall–Kier alpha value is -1.33. The van der Waals surface area contributed by atoms with Crippen LogP contribution >= 0.6 is 15.9 Å². The Balaban J connectivity index is 2.08. The molecule has 0 aliphatic heterocycles. The van der Waals surface area contributed by atoms with Gasteiger partial charge in [0.15, 0.2) is 11.6 Å². The molecule has 3 nitrogen and oxygen atoms in total. The monoisotopic (exact) mass is 313 g/mol. The zero-order valence-electron chi connectivity index (χ0n) is 9.87. The second kappa shape index (κ2) is 5.54. The number of rotatable bonds is 4. The van der Waals surface area contributed by atoms with Crippen molar-refractivity contribution in [3.05, 3.63) is 51.6 Å². The summed E-state index contributed by atoms with van der Waals surface area (Å²) in [7, 11) is 0. The predicted molar refractivity (Wildman–Crippen MR) is 69.8 cm³/mol. The molecule has 2 N–H and O–H groups in total. The number of furan rings is 1. The minimum atomic E-state index is -0.402. The second-order valence-corrected chi connectivity index (χ2v) is 4.78. The lowest BCUT2D eigenvalue weighted by Gasteiger charge is -2.05. The highest BCUT2D eigenvalue weighted by Gasteiger charge is 2.09. The Morgan fingerprint density at radius 2 is 2.17 bits per heavy atom. The first kappa shape index (κ1) is 13.1. The van der Waals surface area contributed by atoms with Gasteiger partial charge >= 0.3 is 0 Å². The van der Waals surface area contributed by atoms with Crippen LogP contribution in [-0.2, 0) is 13.2 Å². The third-order valence-corrected chi connectivity index (χ3v) is 3.05. The molecule has 0 aliphatic rings. The topological polar surface area (TPSA) is 48.4 Å². The van der Waals surface area contributed by atoms with E-state index in [9.17, 15) is 4.39 Å². The lowest BCUT2D eigenvalue weighted by molar-refractivity contribution is 0.256. The number of benzene rings is 1. The summed E-state index contributed by atoms with van der Waals surface area (Å²) in [6.07, 6.45) is 0. The van der Waals surface area contributed by atoms with Crippen molar-refractivity contribution >= 4 is 15.9 Å². The summed E-state index contributed by atoms with van der Waals surface area (Å²) in [4.78, 5) is 0. The van der Waals surface area contributed by atoms with Gasteiger partial charge in [0.1, 0.15) is 18.1 Å². The molecule has 5 heteroatoms. The molecule has 18 heavy (non-hydrogen) atoms. The van der Waals surface area contributed by atoms with E-state index in [2.05, 4.69) is 15.9 Å². The Labute approximate surface area is 113 Å². The third kappa shape index (κ3) is 2.91. The molecule has 1 aromatic carbocycles. The van der Waals surface area contributed by atoms with E-state index in [1.807, 2.05) is 13.0 Å². The van der Waals surface area contributed by atoms with E-state index in [4.69, 9.17) is 14.9 Å². The fraction of sp³-hybridized carbons (Fsp3) is 0.231. The minimum absolute atomic E-state index is 0.175. The normalized spacial score (nSPS) is 10.7.